The molecule has 4 rings (SSSR count). The van der Waals surface area contributed by atoms with E-state index in [4.69, 9.17) is 9.72 Å². The SMILES string of the molecule is COc1ccc(SCC(=O)N2CCC[C@H](c3nc4ccccc4s3)C2)cc1. The molecule has 1 aromatic heterocycles. The molecule has 140 valence electrons. The van der Waals surface area contributed by atoms with E-state index in [1.807, 2.05) is 35.2 Å². The van der Waals surface area contributed by atoms with Gasteiger partial charge in [0.15, 0.2) is 0 Å². The first-order valence-corrected chi connectivity index (χ1v) is 10.9. The summed E-state index contributed by atoms with van der Waals surface area (Å²) in [5, 5.41) is 1.16. The second kappa shape index (κ2) is 8.31. The van der Waals surface area contributed by atoms with Crippen LogP contribution in [0.5, 0.6) is 5.75 Å². The van der Waals surface area contributed by atoms with Crippen molar-refractivity contribution in [1.82, 2.24) is 9.88 Å². The monoisotopic (exact) mass is 398 g/mol. The van der Waals surface area contributed by atoms with Crippen LogP contribution in [-0.4, -0.2) is 41.7 Å². The zero-order valence-corrected chi connectivity index (χ0v) is 16.9. The Hall–Kier alpha value is -2.05. The maximum absolute atomic E-state index is 12.7. The van der Waals surface area contributed by atoms with Crippen LogP contribution in [0, 0.1) is 0 Å². The number of thioether (sulfide) groups is 1. The first-order chi connectivity index (χ1) is 13.2. The summed E-state index contributed by atoms with van der Waals surface area (Å²) < 4.78 is 6.40. The molecule has 4 nitrogen and oxygen atoms in total. The fourth-order valence-electron chi connectivity index (χ4n) is 3.38. The molecule has 1 aliphatic rings. The van der Waals surface area contributed by atoms with Crippen molar-refractivity contribution in [2.45, 2.75) is 23.7 Å². The van der Waals surface area contributed by atoms with Crippen molar-refractivity contribution in [2.24, 2.45) is 0 Å². The van der Waals surface area contributed by atoms with Crippen molar-refractivity contribution in [3.8, 4) is 5.75 Å². The van der Waals surface area contributed by atoms with Gasteiger partial charge in [-0.15, -0.1) is 23.1 Å². The van der Waals surface area contributed by atoms with Gasteiger partial charge < -0.3 is 9.64 Å². The topological polar surface area (TPSA) is 42.4 Å². The second-order valence-electron chi connectivity index (χ2n) is 6.66. The summed E-state index contributed by atoms with van der Waals surface area (Å²) in [4.78, 5) is 20.6. The summed E-state index contributed by atoms with van der Waals surface area (Å²) >= 11 is 3.35. The lowest BCUT2D eigenvalue weighted by Crippen LogP contribution is -2.40. The Kier molecular flexibility index (Phi) is 5.64. The van der Waals surface area contributed by atoms with Crippen LogP contribution in [0.4, 0.5) is 0 Å². The number of carbonyl (C=O) groups is 1. The number of ether oxygens (including phenoxy) is 1. The number of methoxy groups -OCH3 is 1. The molecule has 27 heavy (non-hydrogen) atoms. The van der Waals surface area contributed by atoms with Gasteiger partial charge in [0.1, 0.15) is 5.75 Å². The van der Waals surface area contributed by atoms with Crippen molar-refractivity contribution in [2.75, 3.05) is 26.0 Å². The molecular weight excluding hydrogens is 376 g/mol. The Morgan fingerprint density at radius 2 is 2.07 bits per heavy atom. The first kappa shape index (κ1) is 18.3. The number of aromatic nitrogens is 1. The van der Waals surface area contributed by atoms with E-state index in [0.717, 1.165) is 47.1 Å². The van der Waals surface area contributed by atoms with Crippen molar-refractivity contribution in [1.29, 1.82) is 0 Å². The zero-order valence-electron chi connectivity index (χ0n) is 15.3. The Labute approximate surface area is 167 Å². The van der Waals surface area contributed by atoms with Crippen LogP contribution in [0.25, 0.3) is 10.2 Å². The van der Waals surface area contributed by atoms with Crippen LogP contribution in [0.1, 0.15) is 23.8 Å². The number of para-hydroxylation sites is 1. The third kappa shape index (κ3) is 4.28. The number of hydrogen-bond donors (Lipinski definition) is 0. The van der Waals surface area contributed by atoms with Crippen LogP contribution in [0.15, 0.2) is 53.4 Å². The number of thiazole rings is 1. The predicted octanol–water partition coefficient (Wildman–Crippen LogP) is 4.80. The Morgan fingerprint density at radius 3 is 2.85 bits per heavy atom. The average Bonchev–Trinajstić information content (AvgIpc) is 3.17. The molecule has 1 saturated heterocycles. The van der Waals surface area contributed by atoms with E-state index in [9.17, 15) is 4.79 Å². The third-order valence-corrected chi connectivity index (χ3v) is 7.05. The molecule has 1 aliphatic heterocycles. The average molecular weight is 399 g/mol. The molecular formula is C21H22N2O2S2. The van der Waals surface area contributed by atoms with Crippen LogP contribution in [0.2, 0.25) is 0 Å². The van der Waals surface area contributed by atoms with E-state index in [1.54, 1.807) is 30.2 Å². The molecule has 0 saturated carbocycles. The van der Waals surface area contributed by atoms with Crippen molar-refractivity contribution in [3.05, 3.63) is 53.5 Å². The number of amides is 1. The maximum atomic E-state index is 12.7. The minimum Gasteiger partial charge on any atom is -0.497 e. The summed E-state index contributed by atoms with van der Waals surface area (Å²) in [6.45, 7) is 1.63. The van der Waals surface area contributed by atoms with Crippen molar-refractivity contribution in [3.63, 3.8) is 0 Å². The van der Waals surface area contributed by atoms with Gasteiger partial charge in [-0.25, -0.2) is 4.98 Å². The Bertz CT molecular complexity index is 890. The summed E-state index contributed by atoms with van der Waals surface area (Å²) in [5.74, 6) is 1.87. The third-order valence-electron chi connectivity index (χ3n) is 4.86. The maximum Gasteiger partial charge on any atom is 0.232 e. The van der Waals surface area contributed by atoms with E-state index in [0.29, 0.717) is 11.7 Å². The van der Waals surface area contributed by atoms with Gasteiger partial charge in [-0.2, -0.15) is 0 Å². The van der Waals surface area contributed by atoms with Crippen LogP contribution in [0.3, 0.4) is 0 Å². The Balaban J connectivity index is 1.37. The molecule has 0 spiro atoms. The molecule has 0 unspecified atom stereocenters. The molecule has 0 N–H and O–H groups in total. The number of rotatable bonds is 5. The quantitative estimate of drug-likeness (QED) is 0.579. The molecule has 0 bridgehead atoms. The fraction of sp³-hybridized carbons (Fsp3) is 0.333. The van der Waals surface area contributed by atoms with E-state index in [-0.39, 0.29) is 5.91 Å². The van der Waals surface area contributed by atoms with Gasteiger partial charge in [-0.3, -0.25) is 4.79 Å². The molecule has 6 heteroatoms. The van der Waals surface area contributed by atoms with Crippen LogP contribution < -0.4 is 4.74 Å². The number of likely N-dealkylation sites (tertiary alicyclic amines) is 1. The van der Waals surface area contributed by atoms with Gasteiger partial charge in [-0.1, -0.05) is 12.1 Å². The van der Waals surface area contributed by atoms with Gasteiger partial charge >= 0.3 is 0 Å². The highest BCUT2D eigenvalue weighted by atomic mass is 32.2. The number of benzene rings is 2. The zero-order chi connectivity index (χ0) is 18.6. The molecule has 2 aromatic carbocycles. The van der Waals surface area contributed by atoms with E-state index < -0.39 is 0 Å². The van der Waals surface area contributed by atoms with Gasteiger partial charge in [-0.05, 0) is 49.2 Å². The first-order valence-electron chi connectivity index (χ1n) is 9.13. The highest BCUT2D eigenvalue weighted by Gasteiger charge is 2.26. The number of piperidine rings is 1. The van der Waals surface area contributed by atoms with Crippen LogP contribution in [-0.2, 0) is 4.79 Å². The lowest BCUT2D eigenvalue weighted by Gasteiger charge is -2.31. The normalized spacial score (nSPS) is 17.2. The van der Waals surface area contributed by atoms with E-state index in [2.05, 4.69) is 18.2 Å². The number of fused-ring (bicyclic) bond motifs is 1. The molecule has 1 atom stereocenters. The second-order valence-corrected chi connectivity index (χ2v) is 8.77. The van der Waals surface area contributed by atoms with E-state index >= 15 is 0 Å². The molecule has 2 heterocycles. The van der Waals surface area contributed by atoms with Gasteiger partial charge in [0.25, 0.3) is 0 Å². The summed E-state index contributed by atoms with van der Waals surface area (Å²) in [5.41, 5.74) is 1.07. The standard InChI is InChI=1S/C21H22N2O2S2/c1-25-16-8-10-17(11-9-16)26-14-20(24)23-12-4-5-15(13-23)21-22-18-6-2-3-7-19(18)27-21/h2-3,6-11,15H,4-5,12-14H2,1H3/t15-/m0/s1. The summed E-state index contributed by atoms with van der Waals surface area (Å²) in [7, 11) is 1.66. The van der Waals surface area contributed by atoms with Gasteiger partial charge in [0.2, 0.25) is 5.91 Å². The molecule has 0 aliphatic carbocycles. The number of carbonyl (C=O) groups excluding carboxylic acids is 1. The summed E-state index contributed by atoms with van der Waals surface area (Å²) in [6.07, 6.45) is 2.15. The van der Waals surface area contributed by atoms with Crippen LogP contribution >= 0.6 is 23.1 Å². The van der Waals surface area contributed by atoms with Gasteiger partial charge in [0.05, 0.1) is 28.1 Å². The molecule has 1 fully saturated rings. The number of nitrogens with zero attached hydrogens (tertiary/aromatic N) is 2. The summed E-state index contributed by atoms with van der Waals surface area (Å²) in [6, 6.07) is 16.1. The Morgan fingerprint density at radius 1 is 1.26 bits per heavy atom. The highest BCUT2D eigenvalue weighted by molar-refractivity contribution is 8.00. The molecule has 1 amide bonds. The largest absolute Gasteiger partial charge is 0.497 e. The van der Waals surface area contributed by atoms with Crippen molar-refractivity contribution >= 4 is 39.2 Å². The smallest absolute Gasteiger partial charge is 0.232 e. The number of hydrogen-bond acceptors (Lipinski definition) is 5. The van der Waals surface area contributed by atoms with Gasteiger partial charge in [0, 0.05) is 23.9 Å². The molecule has 3 aromatic rings. The minimum absolute atomic E-state index is 0.210. The minimum atomic E-state index is 0.210. The predicted molar refractivity (Wildman–Crippen MR) is 112 cm³/mol. The lowest BCUT2D eigenvalue weighted by molar-refractivity contribution is -0.129. The lowest BCUT2D eigenvalue weighted by atomic mass is 9.99. The highest BCUT2D eigenvalue weighted by Crippen LogP contribution is 2.33. The van der Waals surface area contributed by atoms with E-state index in [1.165, 1.54) is 4.70 Å². The fourth-order valence-corrected chi connectivity index (χ4v) is 5.27. The van der Waals surface area contributed by atoms with Crippen molar-refractivity contribution < 1.29 is 9.53 Å². The molecule has 0 radical (unpaired) electrons.